The Bertz CT molecular complexity index is 996. The molecule has 3 rings (SSSR count). The molecule has 0 radical (unpaired) electrons. The molecule has 0 fully saturated rings. The van der Waals surface area contributed by atoms with Crippen LogP contribution >= 0.6 is 0 Å². The molecule has 0 saturated carbocycles. The van der Waals surface area contributed by atoms with Crippen molar-refractivity contribution in [1.82, 2.24) is 14.7 Å². The Kier molecular flexibility index (Phi) is 5.71. The normalized spacial score (nSPS) is 10.7. The predicted octanol–water partition coefficient (Wildman–Crippen LogP) is 2.16. The predicted molar refractivity (Wildman–Crippen MR) is 101 cm³/mol. The van der Waals surface area contributed by atoms with Crippen LogP contribution in [0.5, 0.6) is 11.5 Å². The van der Waals surface area contributed by atoms with Gasteiger partial charge in [-0.2, -0.15) is 0 Å². The Morgan fingerprint density at radius 2 is 2.04 bits per heavy atom. The summed E-state index contributed by atoms with van der Waals surface area (Å²) in [7, 11) is 0. The molecule has 0 atom stereocenters. The number of aromatic nitrogens is 2. The van der Waals surface area contributed by atoms with E-state index in [1.807, 2.05) is 31.2 Å². The lowest BCUT2D eigenvalue weighted by Gasteiger charge is -2.07. The first kappa shape index (κ1) is 18.4. The largest absolute Gasteiger partial charge is 0.504 e. The van der Waals surface area contributed by atoms with Gasteiger partial charge >= 0.3 is 0 Å². The average Bonchev–Trinajstić information content (AvgIpc) is 2.67. The third-order valence-electron chi connectivity index (χ3n) is 4.12. The highest BCUT2D eigenvalue weighted by Gasteiger charge is 2.14. The van der Waals surface area contributed by atoms with E-state index in [2.05, 4.69) is 10.3 Å². The average molecular weight is 367 g/mol. The Labute approximate surface area is 156 Å². The van der Waals surface area contributed by atoms with Gasteiger partial charge < -0.3 is 15.2 Å². The lowest BCUT2D eigenvalue weighted by molar-refractivity contribution is 0.0951. The molecule has 0 unspecified atom stereocenters. The van der Waals surface area contributed by atoms with E-state index in [4.69, 9.17) is 4.74 Å². The molecule has 0 aliphatic heterocycles. The van der Waals surface area contributed by atoms with Crippen molar-refractivity contribution in [3.8, 4) is 11.5 Å². The topological polar surface area (TPSA) is 92.9 Å². The second-order valence-corrected chi connectivity index (χ2v) is 6.00. The van der Waals surface area contributed by atoms with Gasteiger partial charge in [0.15, 0.2) is 11.4 Å². The summed E-state index contributed by atoms with van der Waals surface area (Å²) in [6, 6.07) is 10.8. The molecule has 1 aromatic carbocycles. The monoisotopic (exact) mass is 367 g/mol. The molecule has 7 heteroatoms. The van der Waals surface area contributed by atoms with E-state index in [0.29, 0.717) is 13.2 Å². The molecule has 7 nitrogen and oxygen atoms in total. The number of benzene rings is 1. The Morgan fingerprint density at radius 1 is 1.26 bits per heavy atom. The molecule has 2 N–H and O–H groups in total. The number of amides is 1. The maximum atomic E-state index is 12.4. The molecule has 0 aliphatic carbocycles. The summed E-state index contributed by atoms with van der Waals surface area (Å²) in [6.07, 6.45) is 4.20. The quantitative estimate of drug-likeness (QED) is 0.624. The van der Waals surface area contributed by atoms with Crippen molar-refractivity contribution >= 4 is 11.6 Å². The van der Waals surface area contributed by atoms with Crippen LogP contribution in [0.3, 0.4) is 0 Å². The second kappa shape index (κ2) is 8.35. The van der Waals surface area contributed by atoms with Crippen LogP contribution < -0.4 is 15.6 Å². The summed E-state index contributed by atoms with van der Waals surface area (Å²) in [4.78, 5) is 28.7. The molecule has 1 amide bonds. The van der Waals surface area contributed by atoms with Crippen molar-refractivity contribution in [3.05, 3.63) is 70.3 Å². The number of carbonyl (C=O) groups excluding carboxylic acids is 1. The molecule has 140 valence electrons. The Balaban J connectivity index is 1.57. The minimum Gasteiger partial charge on any atom is -0.504 e. The van der Waals surface area contributed by atoms with Crippen molar-refractivity contribution in [3.63, 3.8) is 0 Å². The van der Waals surface area contributed by atoms with Crippen LogP contribution in [0.15, 0.2) is 53.6 Å². The highest BCUT2D eigenvalue weighted by molar-refractivity contribution is 5.93. The van der Waals surface area contributed by atoms with Crippen LogP contribution in [0.4, 0.5) is 0 Å². The fourth-order valence-corrected chi connectivity index (χ4v) is 2.76. The summed E-state index contributed by atoms with van der Waals surface area (Å²) in [6.45, 7) is 3.01. The van der Waals surface area contributed by atoms with E-state index in [1.165, 1.54) is 24.5 Å². The van der Waals surface area contributed by atoms with Gasteiger partial charge in [-0.25, -0.2) is 4.98 Å². The van der Waals surface area contributed by atoms with Crippen molar-refractivity contribution in [2.24, 2.45) is 0 Å². The van der Waals surface area contributed by atoms with Gasteiger partial charge in [-0.05, 0) is 49.6 Å². The number of carbonyl (C=O) groups is 1. The third-order valence-corrected chi connectivity index (χ3v) is 4.12. The number of hydrogen-bond acceptors (Lipinski definition) is 5. The Morgan fingerprint density at radius 3 is 2.78 bits per heavy atom. The lowest BCUT2D eigenvalue weighted by Crippen LogP contribution is -2.32. The van der Waals surface area contributed by atoms with E-state index >= 15 is 0 Å². The highest BCUT2D eigenvalue weighted by Crippen LogP contribution is 2.14. The van der Waals surface area contributed by atoms with Crippen molar-refractivity contribution in [2.45, 2.75) is 19.8 Å². The lowest BCUT2D eigenvalue weighted by atomic mass is 10.1. The van der Waals surface area contributed by atoms with Crippen LogP contribution in [0.25, 0.3) is 5.65 Å². The third kappa shape index (κ3) is 4.25. The standard InChI is InChI=1S/C20H21N3O4/c1-2-27-15-9-7-14(8-10-15)5-3-11-21-19(25)16-13-22-18-17(24)6-4-12-23(18)20(16)26/h4,6-10,12-13,24H,2-3,5,11H2,1H3,(H,21,25). The van der Waals surface area contributed by atoms with Crippen molar-refractivity contribution in [1.29, 1.82) is 0 Å². The van der Waals surface area contributed by atoms with Crippen LogP contribution in [0.1, 0.15) is 29.3 Å². The second-order valence-electron chi connectivity index (χ2n) is 6.00. The van der Waals surface area contributed by atoms with Gasteiger partial charge in [-0.3, -0.25) is 14.0 Å². The number of nitrogens with zero attached hydrogens (tertiary/aromatic N) is 2. The first-order valence-corrected chi connectivity index (χ1v) is 8.79. The molecule has 3 aromatic rings. The highest BCUT2D eigenvalue weighted by atomic mass is 16.5. The van der Waals surface area contributed by atoms with Crippen LogP contribution in [0.2, 0.25) is 0 Å². The molecular weight excluding hydrogens is 346 g/mol. The number of aryl methyl sites for hydroxylation is 1. The number of rotatable bonds is 7. The molecule has 0 spiro atoms. The zero-order valence-electron chi connectivity index (χ0n) is 15.0. The summed E-state index contributed by atoms with van der Waals surface area (Å²) in [5.74, 6) is 0.249. The zero-order chi connectivity index (χ0) is 19.2. The fourth-order valence-electron chi connectivity index (χ4n) is 2.76. The van der Waals surface area contributed by atoms with Crippen LogP contribution in [-0.2, 0) is 6.42 Å². The fraction of sp³-hybridized carbons (Fsp3) is 0.250. The zero-order valence-corrected chi connectivity index (χ0v) is 15.0. The molecular formula is C20H21N3O4. The number of aromatic hydroxyl groups is 1. The van der Waals surface area contributed by atoms with E-state index < -0.39 is 11.5 Å². The smallest absolute Gasteiger partial charge is 0.270 e. The van der Waals surface area contributed by atoms with Gasteiger partial charge in [0.05, 0.1) is 6.61 Å². The van der Waals surface area contributed by atoms with Gasteiger partial charge in [-0.15, -0.1) is 0 Å². The Hall–Kier alpha value is -3.35. The molecule has 2 aromatic heterocycles. The van der Waals surface area contributed by atoms with Gasteiger partial charge in [0, 0.05) is 18.9 Å². The van der Waals surface area contributed by atoms with E-state index in [-0.39, 0.29) is 17.0 Å². The van der Waals surface area contributed by atoms with E-state index in [9.17, 15) is 14.7 Å². The van der Waals surface area contributed by atoms with Crippen molar-refractivity contribution in [2.75, 3.05) is 13.2 Å². The first-order valence-electron chi connectivity index (χ1n) is 8.79. The number of nitrogens with one attached hydrogen (secondary N) is 1. The van der Waals surface area contributed by atoms with Gasteiger partial charge in [0.2, 0.25) is 0 Å². The molecule has 0 saturated heterocycles. The summed E-state index contributed by atoms with van der Waals surface area (Å²) >= 11 is 0. The maximum Gasteiger partial charge on any atom is 0.270 e. The molecule has 2 heterocycles. The summed E-state index contributed by atoms with van der Waals surface area (Å²) in [5, 5.41) is 12.5. The molecule has 0 aliphatic rings. The minimum atomic E-state index is -0.514. The SMILES string of the molecule is CCOc1ccc(CCCNC(=O)c2cnc3c(O)cccn3c2=O)cc1. The molecule has 0 bridgehead atoms. The van der Waals surface area contributed by atoms with Crippen molar-refractivity contribution < 1.29 is 14.6 Å². The van der Waals surface area contributed by atoms with Gasteiger partial charge in [0.1, 0.15) is 11.3 Å². The van der Waals surface area contributed by atoms with Gasteiger partial charge in [0.25, 0.3) is 11.5 Å². The number of hydrogen-bond donors (Lipinski definition) is 2. The van der Waals surface area contributed by atoms with E-state index in [1.54, 1.807) is 0 Å². The number of pyridine rings is 1. The van der Waals surface area contributed by atoms with Crippen LogP contribution in [0, 0.1) is 0 Å². The number of ether oxygens (including phenoxy) is 1. The first-order chi connectivity index (χ1) is 13.1. The van der Waals surface area contributed by atoms with E-state index in [0.717, 1.165) is 28.6 Å². The van der Waals surface area contributed by atoms with Gasteiger partial charge in [-0.1, -0.05) is 12.1 Å². The summed E-state index contributed by atoms with van der Waals surface area (Å²) < 4.78 is 6.56. The number of fused-ring (bicyclic) bond motifs is 1. The molecule has 27 heavy (non-hydrogen) atoms. The van der Waals surface area contributed by atoms with Crippen LogP contribution in [-0.4, -0.2) is 33.6 Å². The summed E-state index contributed by atoms with van der Waals surface area (Å²) in [5.41, 5.74) is 0.698. The minimum absolute atomic E-state index is 0.0563. The maximum absolute atomic E-state index is 12.4.